The molecular weight excluding hydrogens is 384 g/mol. The zero-order valence-corrected chi connectivity index (χ0v) is 16.0. The molecule has 0 radical (unpaired) electrons. The Balaban J connectivity index is 1.86. The van der Waals surface area contributed by atoms with Gasteiger partial charge < -0.3 is 15.0 Å². The van der Waals surface area contributed by atoms with Gasteiger partial charge in [-0.25, -0.2) is 0 Å². The second-order valence-electron chi connectivity index (χ2n) is 5.83. The topological polar surface area (TPSA) is 58.6 Å². The first-order valence-corrected chi connectivity index (χ1v) is 8.66. The molecule has 0 aromatic heterocycles. The lowest BCUT2D eigenvalue weighted by atomic mass is 10.1. The fourth-order valence-corrected chi connectivity index (χ4v) is 2.39. The molecule has 0 aliphatic carbocycles. The van der Waals surface area contributed by atoms with Crippen LogP contribution in [0.4, 0.5) is 0 Å². The molecule has 0 aliphatic rings. The van der Waals surface area contributed by atoms with Crippen molar-refractivity contribution in [1.82, 2.24) is 10.2 Å². The Morgan fingerprint density at radius 1 is 1.08 bits per heavy atom. The van der Waals surface area contributed by atoms with Crippen molar-refractivity contribution in [3.05, 3.63) is 64.1 Å². The number of hydrogen-bond acceptors (Lipinski definition) is 3. The minimum Gasteiger partial charge on any atom is -0.481 e. The number of carbonyl (C=O) groups excluding carboxylic acids is 2. The Labute approximate surface area is 156 Å². The van der Waals surface area contributed by atoms with Crippen LogP contribution in [0.3, 0.4) is 0 Å². The molecule has 0 heterocycles. The molecule has 2 amide bonds. The van der Waals surface area contributed by atoms with Gasteiger partial charge in [-0.15, -0.1) is 0 Å². The lowest BCUT2D eigenvalue weighted by Crippen LogP contribution is -2.35. The molecule has 2 aromatic carbocycles. The molecule has 0 spiro atoms. The van der Waals surface area contributed by atoms with Crippen LogP contribution in [0, 0.1) is 0 Å². The maximum absolute atomic E-state index is 12.1. The van der Waals surface area contributed by atoms with Gasteiger partial charge in [0, 0.05) is 30.7 Å². The molecule has 6 heteroatoms. The first kappa shape index (κ1) is 19.0. The SMILES string of the molecule is CC(Oc1ccc(Br)cc1)C(=O)NCc1ccc(C(=O)N(C)C)cc1. The highest BCUT2D eigenvalue weighted by Gasteiger charge is 2.14. The summed E-state index contributed by atoms with van der Waals surface area (Å²) in [5.41, 5.74) is 1.53. The number of hydrogen-bond donors (Lipinski definition) is 1. The van der Waals surface area contributed by atoms with Crippen LogP contribution in [-0.2, 0) is 11.3 Å². The molecule has 1 atom stereocenters. The molecule has 5 nitrogen and oxygen atoms in total. The Morgan fingerprint density at radius 3 is 2.24 bits per heavy atom. The largest absolute Gasteiger partial charge is 0.481 e. The predicted molar refractivity (Wildman–Crippen MR) is 101 cm³/mol. The molecule has 25 heavy (non-hydrogen) atoms. The van der Waals surface area contributed by atoms with Crippen LogP contribution < -0.4 is 10.1 Å². The van der Waals surface area contributed by atoms with E-state index in [1.807, 2.05) is 24.3 Å². The van der Waals surface area contributed by atoms with E-state index in [1.165, 1.54) is 4.90 Å². The van der Waals surface area contributed by atoms with Crippen LogP contribution in [0.25, 0.3) is 0 Å². The molecular formula is C19H21BrN2O3. The maximum Gasteiger partial charge on any atom is 0.261 e. The number of carbonyl (C=O) groups is 2. The number of ether oxygens (including phenoxy) is 1. The third-order valence-electron chi connectivity index (χ3n) is 3.57. The molecule has 2 rings (SSSR count). The summed E-state index contributed by atoms with van der Waals surface area (Å²) in [6.45, 7) is 2.08. The van der Waals surface area contributed by atoms with E-state index >= 15 is 0 Å². The van der Waals surface area contributed by atoms with Crippen molar-refractivity contribution >= 4 is 27.7 Å². The lowest BCUT2D eigenvalue weighted by Gasteiger charge is -2.15. The number of amides is 2. The van der Waals surface area contributed by atoms with Crippen molar-refractivity contribution in [3.8, 4) is 5.75 Å². The van der Waals surface area contributed by atoms with Crippen molar-refractivity contribution in [3.63, 3.8) is 0 Å². The van der Waals surface area contributed by atoms with Gasteiger partial charge in [-0.1, -0.05) is 28.1 Å². The first-order valence-electron chi connectivity index (χ1n) is 7.87. The highest BCUT2D eigenvalue weighted by atomic mass is 79.9. The summed E-state index contributed by atoms with van der Waals surface area (Å²) in [5, 5.41) is 2.83. The first-order chi connectivity index (χ1) is 11.9. The molecule has 0 saturated carbocycles. The quantitative estimate of drug-likeness (QED) is 0.803. The van der Waals surface area contributed by atoms with Gasteiger partial charge in [0.2, 0.25) is 0 Å². The van der Waals surface area contributed by atoms with Crippen LogP contribution >= 0.6 is 15.9 Å². The van der Waals surface area contributed by atoms with Gasteiger partial charge in [-0.3, -0.25) is 9.59 Å². The third-order valence-corrected chi connectivity index (χ3v) is 4.10. The molecule has 0 bridgehead atoms. The Morgan fingerprint density at radius 2 is 1.68 bits per heavy atom. The predicted octanol–water partition coefficient (Wildman–Crippen LogP) is 3.23. The summed E-state index contributed by atoms with van der Waals surface area (Å²) in [6, 6.07) is 14.5. The van der Waals surface area contributed by atoms with E-state index in [2.05, 4.69) is 21.2 Å². The van der Waals surface area contributed by atoms with Crippen LogP contribution in [0.2, 0.25) is 0 Å². The minimum absolute atomic E-state index is 0.0490. The second-order valence-corrected chi connectivity index (χ2v) is 6.74. The van der Waals surface area contributed by atoms with Crippen molar-refractivity contribution in [2.45, 2.75) is 19.6 Å². The van der Waals surface area contributed by atoms with E-state index < -0.39 is 6.10 Å². The van der Waals surface area contributed by atoms with E-state index in [0.717, 1.165) is 10.0 Å². The van der Waals surface area contributed by atoms with Gasteiger partial charge in [0.1, 0.15) is 5.75 Å². The number of halogens is 1. The number of benzene rings is 2. The summed E-state index contributed by atoms with van der Waals surface area (Å²) < 4.78 is 6.57. The number of nitrogens with one attached hydrogen (secondary N) is 1. The molecule has 1 unspecified atom stereocenters. The summed E-state index contributed by atoms with van der Waals surface area (Å²) >= 11 is 3.35. The molecule has 1 N–H and O–H groups in total. The van der Waals surface area contributed by atoms with Gasteiger partial charge >= 0.3 is 0 Å². The van der Waals surface area contributed by atoms with Crippen molar-refractivity contribution in [2.75, 3.05) is 14.1 Å². The van der Waals surface area contributed by atoms with E-state index in [-0.39, 0.29) is 11.8 Å². The monoisotopic (exact) mass is 404 g/mol. The summed E-state index contributed by atoms with van der Waals surface area (Å²) in [5.74, 6) is 0.390. The maximum atomic E-state index is 12.1. The smallest absolute Gasteiger partial charge is 0.261 e. The molecule has 132 valence electrons. The van der Waals surface area contributed by atoms with Crippen molar-refractivity contribution in [1.29, 1.82) is 0 Å². The average Bonchev–Trinajstić information content (AvgIpc) is 2.61. The Bertz CT molecular complexity index is 727. The standard InChI is InChI=1S/C19H21BrN2O3/c1-13(25-17-10-8-16(20)9-11-17)18(23)21-12-14-4-6-15(7-5-14)19(24)22(2)3/h4-11,13H,12H2,1-3H3,(H,21,23). The van der Waals surface area contributed by atoms with E-state index in [4.69, 9.17) is 4.74 Å². The molecule has 0 aliphatic heterocycles. The Kier molecular flexibility index (Phi) is 6.58. The van der Waals surface area contributed by atoms with Gasteiger partial charge in [-0.05, 0) is 48.9 Å². The number of rotatable bonds is 6. The summed E-state index contributed by atoms with van der Waals surface area (Å²) in [6.07, 6.45) is -0.601. The number of nitrogens with zero attached hydrogens (tertiary/aromatic N) is 1. The third kappa shape index (κ3) is 5.60. The van der Waals surface area contributed by atoms with Crippen LogP contribution in [-0.4, -0.2) is 36.9 Å². The lowest BCUT2D eigenvalue weighted by molar-refractivity contribution is -0.127. The highest BCUT2D eigenvalue weighted by Crippen LogP contribution is 2.17. The van der Waals surface area contributed by atoms with Gasteiger partial charge in [0.25, 0.3) is 11.8 Å². The summed E-state index contributed by atoms with van der Waals surface area (Å²) in [7, 11) is 3.42. The van der Waals surface area contributed by atoms with Gasteiger partial charge in [-0.2, -0.15) is 0 Å². The fourth-order valence-electron chi connectivity index (χ4n) is 2.13. The van der Waals surface area contributed by atoms with E-state index in [1.54, 1.807) is 45.3 Å². The van der Waals surface area contributed by atoms with Crippen molar-refractivity contribution < 1.29 is 14.3 Å². The summed E-state index contributed by atoms with van der Waals surface area (Å²) in [4.78, 5) is 25.5. The molecule has 0 fully saturated rings. The van der Waals surface area contributed by atoms with E-state index in [0.29, 0.717) is 17.9 Å². The van der Waals surface area contributed by atoms with Crippen molar-refractivity contribution in [2.24, 2.45) is 0 Å². The molecule has 2 aromatic rings. The van der Waals surface area contributed by atoms with E-state index in [9.17, 15) is 9.59 Å². The van der Waals surface area contributed by atoms with Gasteiger partial charge in [0.05, 0.1) is 0 Å². The fraction of sp³-hybridized carbons (Fsp3) is 0.263. The zero-order valence-electron chi connectivity index (χ0n) is 14.5. The van der Waals surface area contributed by atoms with Crippen LogP contribution in [0.1, 0.15) is 22.8 Å². The normalized spacial score (nSPS) is 11.5. The average molecular weight is 405 g/mol. The highest BCUT2D eigenvalue weighted by molar-refractivity contribution is 9.10. The molecule has 0 saturated heterocycles. The zero-order chi connectivity index (χ0) is 18.4. The Hall–Kier alpha value is -2.34. The van der Waals surface area contributed by atoms with Gasteiger partial charge in [0.15, 0.2) is 6.10 Å². The van der Waals surface area contributed by atoms with Crippen LogP contribution in [0.15, 0.2) is 53.0 Å². The second kappa shape index (κ2) is 8.67. The van der Waals surface area contributed by atoms with Crippen LogP contribution in [0.5, 0.6) is 5.75 Å². The minimum atomic E-state index is -0.601.